The molecule has 0 saturated carbocycles. The summed E-state index contributed by atoms with van der Waals surface area (Å²) in [6.45, 7) is 5.35. The van der Waals surface area contributed by atoms with E-state index in [0.29, 0.717) is 12.0 Å². The van der Waals surface area contributed by atoms with Gasteiger partial charge in [-0.1, -0.05) is 17.7 Å². The third kappa shape index (κ3) is 5.84. The molecule has 0 saturated heterocycles. The number of hydrogen-bond donors (Lipinski definition) is 3. The van der Waals surface area contributed by atoms with Gasteiger partial charge in [0, 0.05) is 11.6 Å². The second-order valence-electron chi connectivity index (χ2n) is 5.10. The third-order valence-electron chi connectivity index (χ3n) is 2.83. The molecule has 0 aromatic heterocycles. The van der Waals surface area contributed by atoms with Crippen LogP contribution in [0, 0.1) is 6.92 Å². The molecule has 20 heavy (non-hydrogen) atoms. The van der Waals surface area contributed by atoms with E-state index in [2.05, 4.69) is 10.6 Å². The van der Waals surface area contributed by atoms with E-state index >= 15 is 0 Å². The number of aryl methyl sites for hydroxylation is 1. The SMILES string of the molecule is Cc1ccc(C(=O)NCC(=O)NC(C)CC(C)O)cc1. The van der Waals surface area contributed by atoms with Crippen LogP contribution in [0.25, 0.3) is 0 Å². The van der Waals surface area contributed by atoms with Crippen molar-refractivity contribution >= 4 is 11.8 Å². The average Bonchev–Trinajstić information content (AvgIpc) is 2.35. The summed E-state index contributed by atoms with van der Waals surface area (Å²) in [4.78, 5) is 23.4. The fourth-order valence-corrected chi connectivity index (χ4v) is 1.86. The van der Waals surface area contributed by atoms with Crippen LogP contribution >= 0.6 is 0 Å². The molecule has 1 rings (SSSR count). The van der Waals surface area contributed by atoms with E-state index in [1.165, 1.54) is 0 Å². The lowest BCUT2D eigenvalue weighted by Gasteiger charge is -2.15. The Kier molecular flexibility index (Phi) is 6.18. The maximum absolute atomic E-state index is 11.8. The van der Waals surface area contributed by atoms with Crippen LogP contribution in [-0.2, 0) is 4.79 Å². The Morgan fingerprint density at radius 3 is 2.35 bits per heavy atom. The zero-order valence-corrected chi connectivity index (χ0v) is 12.1. The molecule has 110 valence electrons. The summed E-state index contributed by atoms with van der Waals surface area (Å²) in [7, 11) is 0. The molecular weight excluding hydrogens is 256 g/mol. The number of benzene rings is 1. The largest absolute Gasteiger partial charge is 0.393 e. The van der Waals surface area contributed by atoms with Crippen LogP contribution in [0.2, 0.25) is 0 Å². The number of aliphatic hydroxyl groups is 1. The predicted octanol–water partition coefficient (Wildman–Crippen LogP) is 1.00. The van der Waals surface area contributed by atoms with Gasteiger partial charge in [-0.15, -0.1) is 0 Å². The van der Waals surface area contributed by atoms with Crippen molar-refractivity contribution in [1.82, 2.24) is 10.6 Å². The Morgan fingerprint density at radius 1 is 1.20 bits per heavy atom. The monoisotopic (exact) mass is 278 g/mol. The van der Waals surface area contributed by atoms with Crippen molar-refractivity contribution in [1.29, 1.82) is 0 Å². The molecular formula is C15H22N2O3. The fourth-order valence-electron chi connectivity index (χ4n) is 1.86. The molecule has 0 radical (unpaired) electrons. The molecule has 2 amide bonds. The molecule has 2 unspecified atom stereocenters. The Bertz CT molecular complexity index is 455. The van der Waals surface area contributed by atoms with E-state index in [0.717, 1.165) is 5.56 Å². The highest BCUT2D eigenvalue weighted by molar-refractivity contribution is 5.96. The van der Waals surface area contributed by atoms with E-state index < -0.39 is 6.10 Å². The van der Waals surface area contributed by atoms with E-state index in [1.54, 1.807) is 19.1 Å². The van der Waals surface area contributed by atoms with Crippen molar-refractivity contribution in [2.24, 2.45) is 0 Å². The van der Waals surface area contributed by atoms with Crippen molar-refractivity contribution in [3.63, 3.8) is 0 Å². The van der Waals surface area contributed by atoms with Crippen molar-refractivity contribution < 1.29 is 14.7 Å². The van der Waals surface area contributed by atoms with E-state index in [4.69, 9.17) is 0 Å². The topological polar surface area (TPSA) is 78.4 Å². The van der Waals surface area contributed by atoms with Gasteiger partial charge in [-0.3, -0.25) is 9.59 Å². The third-order valence-corrected chi connectivity index (χ3v) is 2.83. The first-order chi connectivity index (χ1) is 9.38. The average molecular weight is 278 g/mol. The highest BCUT2D eigenvalue weighted by Gasteiger charge is 2.11. The summed E-state index contributed by atoms with van der Waals surface area (Å²) in [5.41, 5.74) is 1.60. The van der Waals surface area contributed by atoms with Gasteiger partial charge in [0.1, 0.15) is 0 Å². The van der Waals surface area contributed by atoms with Gasteiger partial charge in [0.15, 0.2) is 0 Å². The number of carbonyl (C=O) groups excluding carboxylic acids is 2. The summed E-state index contributed by atoms with van der Waals surface area (Å²) < 4.78 is 0. The molecule has 5 nitrogen and oxygen atoms in total. The van der Waals surface area contributed by atoms with Gasteiger partial charge in [0.2, 0.25) is 5.91 Å². The van der Waals surface area contributed by atoms with E-state index in [-0.39, 0.29) is 24.4 Å². The van der Waals surface area contributed by atoms with Crippen LogP contribution in [0.15, 0.2) is 24.3 Å². The van der Waals surface area contributed by atoms with Gasteiger partial charge in [-0.2, -0.15) is 0 Å². The lowest BCUT2D eigenvalue weighted by molar-refractivity contribution is -0.120. The van der Waals surface area contributed by atoms with Gasteiger partial charge in [0.05, 0.1) is 12.6 Å². The number of amides is 2. The van der Waals surface area contributed by atoms with E-state index in [9.17, 15) is 14.7 Å². The number of hydrogen-bond acceptors (Lipinski definition) is 3. The first-order valence-corrected chi connectivity index (χ1v) is 6.70. The molecule has 0 heterocycles. The Labute approximate surface area is 119 Å². The fraction of sp³-hybridized carbons (Fsp3) is 0.467. The standard InChI is InChI=1S/C15H22N2O3/c1-10-4-6-13(7-5-10)15(20)16-9-14(19)17-11(2)8-12(3)18/h4-7,11-12,18H,8-9H2,1-3H3,(H,16,20)(H,17,19). The van der Waals surface area contributed by atoms with Crippen molar-refractivity contribution in [2.45, 2.75) is 39.3 Å². The Morgan fingerprint density at radius 2 is 1.80 bits per heavy atom. The number of carbonyl (C=O) groups is 2. The maximum Gasteiger partial charge on any atom is 0.251 e. The van der Waals surface area contributed by atoms with Gasteiger partial charge in [-0.25, -0.2) is 0 Å². The Hall–Kier alpha value is -1.88. The lowest BCUT2D eigenvalue weighted by Crippen LogP contribution is -2.41. The van der Waals surface area contributed by atoms with Gasteiger partial charge in [0.25, 0.3) is 5.91 Å². The minimum Gasteiger partial charge on any atom is -0.393 e. The molecule has 1 aromatic carbocycles. The van der Waals surface area contributed by atoms with Gasteiger partial charge >= 0.3 is 0 Å². The molecule has 3 N–H and O–H groups in total. The smallest absolute Gasteiger partial charge is 0.251 e. The zero-order chi connectivity index (χ0) is 15.1. The normalized spacial score (nSPS) is 13.4. The summed E-state index contributed by atoms with van der Waals surface area (Å²) in [5.74, 6) is -0.540. The molecule has 0 aliphatic rings. The van der Waals surface area contributed by atoms with Gasteiger partial charge < -0.3 is 15.7 Å². The van der Waals surface area contributed by atoms with E-state index in [1.807, 2.05) is 26.0 Å². The highest BCUT2D eigenvalue weighted by Crippen LogP contribution is 2.02. The minimum absolute atomic E-state index is 0.0726. The Balaban J connectivity index is 2.37. The van der Waals surface area contributed by atoms with Gasteiger partial charge in [-0.05, 0) is 39.3 Å². The molecule has 0 aliphatic carbocycles. The molecule has 1 aromatic rings. The van der Waals surface area contributed by atoms with Crippen LogP contribution in [0.5, 0.6) is 0 Å². The van der Waals surface area contributed by atoms with Crippen LogP contribution in [-0.4, -0.2) is 35.6 Å². The summed E-state index contributed by atoms with van der Waals surface area (Å²) in [6, 6.07) is 7.01. The number of nitrogens with one attached hydrogen (secondary N) is 2. The quantitative estimate of drug-likeness (QED) is 0.726. The molecule has 2 atom stereocenters. The second-order valence-corrected chi connectivity index (χ2v) is 5.10. The second kappa shape index (κ2) is 7.65. The summed E-state index contributed by atoms with van der Waals surface area (Å²) >= 11 is 0. The first kappa shape index (κ1) is 16.2. The van der Waals surface area contributed by atoms with Crippen molar-refractivity contribution in [3.8, 4) is 0 Å². The van der Waals surface area contributed by atoms with Crippen LogP contribution in [0.3, 0.4) is 0 Å². The van der Waals surface area contributed by atoms with Crippen molar-refractivity contribution in [2.75, 3.05) is 6.54 Å². The maximum atomic E-state index is 11.8. The first-order valence-electron chi connectivity index (χ1n) is 6.70. The number of rotatable bonds is 6. The molecule has 0 fully saturated rings. The molecule has 0 bridgehead atoms. The van der Waals surface area contributed by atoms with Crippen LogP contribution in [0.1, 0.15) is 36.2 Å². The van der Waals surface area contributed by atoms with Crippen LogP contribution < -0.4 is 10.6 Å². The number of aliphatic hydroxyl groups excluding tert-OH is 1. The lowest BCUT2D eigenvalue weighted by atomic mass is 10.1. The summed E-state index contributed by atoms with van der Waals surface area (Å²) in [6.07, 6.45) is 0.0185. The highest BCUT2D eigenvalue weighted by atomic mass is 16.3. The molecule has 5 heteroatoms. The summed E-state index contributed by atoms with van der Waals surface area (Å²) in [5, 5.41) is 14.5. The predicted molar refractivity (Wildman–Crippen MR) is 77.4 cm³/mol. The minimum atomic E-state index is -0.465. The molecule has 0 spiro atoms. The van der Waals surface area contributed by atoms with Crippen molar-refractivity contribution in [3.05, 3.63) is 35.4 Å². The zero-order valence-electron chi connectivity index (χ0n) is 12.1. The molecule has 0 aliphatic heterocycles. The van der Waals surface area contributed by atoms with Crippen LogP contribution in [0.4, 0.5) is 0 Å².